The third-order valence-corrected chi connectivity index (χ3v) is 3.80. The van der Waals surface area contributed by atoms with E-state index in [1.54, 1.807) is 19.1 Å². The van der Waals surface area contributed by atoms with E-state index < -0.39 is 4.92 Å². The smallest absolute Gasteiger partial charge is 0.272 e. The van der Waals surface area contributed by atoms with Crippen LogP contribution in [0.2, 0.25) is 0 Å². The molecule has 25 heavy (non-hydrogen) atoms. The third kappa shape index (κ3) is 3.85. The molecule has 0 saturated carbocycles. The van der Waals surface area contributed by atoms with Crippen LogP contribution in [0.4, 0.5) is 5.69 Å². The number of rotatable bonds is 6. The van der Waals surface area contributed by atoms with Gasteiger partial charge in [0.1, 0.15) is 30.2 Å². The van der Waals surface area contributed by atoms with Gasteiger partial charge in [-0.1, -0.05) is 18.2 Å². The first kappa shape index (κ1) is 16.7. The summed E-state index contributed by atoms with van der Waals surface area (Å²) in [5, 5.41) is 11.8. The number of aromatic nitrogens is 1. The quantitative estimate of drug-likeness (QED) is 0.382. The minimum atomic E-state index is -0.405. The summed E-state index contributed by atoms with van der Waals surface area (Å²) in [6.07, 6.45) is 0. The molecule has 0 N–H and O–H groups in total. The molecule has 0 radical (unpaired) electrons. The Labute approximate surface area is 145 Å². The minimum absolute atomic E-state index is 0.0841. The first-order valence-corrected chi connectivity index (χ1v) is 7.91. The molecular weight excluding hydrogens is 320 g/mol. The molecule has 3 aromatic rings. The lowest BCUT2D eigenvalue weighted by molar-refractivity contribution is -0.385. The van der Waals surface area contributed by atoms with Crippen molar-refractivity contribution in [2.75, 3.05) is 13.2 Å². The van der Waals surface area contributed by atoms with Crippen LogP contribution in [0.3, 0.4) is 0 Å². The minimum Gasteiger partial charge on any atom is -0.490 e. The molecule has 0 aliphatic carbocycles. The highest BCUT2D eigenvalue weighted by Crippen LogP contribution is 2.25. The van der Waals surface area contributed by atoms with Gasteiger partial charge < -0.3 is 9.47 Å². The zero-order chi connectivity index (χ0) is 17.8. The fourth-order valence-electron chi connectivity index (χ4n) is 2.57. The van der Waals surface area contributed by atoms with Crippen molar-refractivity contribution in [1.29, 1.82) is 0 Å². The number of nitro groups is 1. The lowest BCUT2D eigenvalue weighted by Crippen LogP contribution is -2.09. The fourth-order valence-corrected chi connectivity index (χ4v) is 2.57. The fraction of sp³-hybridized carbons (Fsp3) is 0.211. The van der Waals surface area contributed by atoms with Gasteiger partial charge in [0, 0.05) is 22.7 Å². The van der Waals surface area contributed by atoms with Gasteiger partial charge in [-0.3, -0.25) is 10.1 Å². The molecule has 0 aliphatic rings. The summed E-state index contributed by atoms with van der Waals surface area (Å²) in [4.78, 5) is 14.9. The van der Waals surface area contributed by atoms with Gasteiger partial charge in [-0.15, -0.1) is 0 Å². The second-order valence-corrected chi connectivity index (χ2v) is 5.68. The predicted molar refractivity (Wildman–Crippen MR) is 95.3 cm³/mol. The Morgan fingerprint density at radius 2 is 1.84 bits per heavy atom. The molecule has 0 unspecified atom stereocenters. The molecule has 6 heteroatoms. The number of ether oxygens (including phenoxy) is 2. The van der Waals surface area contributed by atoms with Gasteiger partial charge in [0.25, 0.3) is 5.69 Å². The van der Waals surface area contributed by atoms with E-state index in [9.17, 15) is 10.1 Å². The second kappa shape index (κ2) is 7.17. The zero-order valence-electron chi connectivity index (χ0n) is 14.1. The molecule has 0 amide bonds. The topological polar surface area (TPSA) is 74.5 Å². The van der Waals surface area contributed by atoms with E-state index in [0.717, 1.165) is 16.6 Å². The normalized spacial score (nSPS) is 10.6. The zero-order valence-corrected chi connectivity index (χ0v) is 14.1. The number of nitro benzene ring substituents is 1. The van der Waals surface area contributed by atoms with Crippen molar-refractivity contribution < 1.29 is 14.4 Å². The molecule has 0 fully saturated rings. The Morgan fingerprint density at radius 3 is 2.60 bits per heavy atom. The molecule has 0 atom stereocenters. The Kier molecular flexibility index (Phi) is 4.79. The van der Waals surface area contributed by atoms with Crippen LogP contribution >= 0.6 is 0 Å². The second-order valence-electron chi connectivity index (χ2n) is 5.68. The maximum absolute atomic E-state index is 10.8. The number of benzene rings is 2. The molecule has 2 aromatic carbocycles. The average molecular weight is 338 g/mol. The summed E-state index contributed by atoms with van der Waals surface area (Å²) < 4.78 is 11.4. The standard InChI is InChI=1S/C19H18N2O4/c1-13-12-16(8-9-17(13)21(22)23)24-10-11-25-18-5-3-4-15-7-6-14(2)20-19(15)18/h3-9,12H,10-11H2,1-2H3. The van der Waals surface area contributed by atoms with Crippen LogP contribution in [0.1, 0.15) is 11.3 Å². The molecule has 0 spiro atoms. The lowest BCUT2D eigenvalue weighted by atomic mass is 10.2. The monoisotopic (exact) mass is 338 g/mol. The Bertz CT molecular complexity index is 924. The summed E-state index contributed by atoms with van der Waals surface area (Å²) in [6, 6.07) is 14.5. The van der Waals surface area contributed by atoms with E-state index in [1.165, 1.54) is 6.07 Å². The van der Waals surface area contributed by atoms with Crippen LogP contribution in [-0.4, -0.2) is 23.1 Å². The molecule has 3 rings (SSSR count). The van der Waals surface area contributed by atoms with Gasteiger partial charge in [-0.25, -0.2) is 4.98 Å². The lowest BCUT2D eigenvalue weighted by Gasteiger charge is -2.11. The van der Waals surface area contributed by atoms with E-state index >= 15 is 0 Å². The number of para-hydroxylation sites is 1. The molecule has 1 heterocycles. The van der Waals surface area contributed by atoms with Crippen LogP contribution in [-0.2, 0) is 0 Å². The maximum Gasteiger partial charge on any atom is 0.272 e. The summed E-state index contributed by atoms with van der Waals surface area (Å²) in [7, 11) is 0. The summed E-state index contributed by atoms with van der Waals surface area (Å²) in [5.41, 5.74) is 2.41. The van der Waals surface area contributed by atoms with Gasteiger partial charge in [0.15, 0.2) is 0 Å². The number of hydrogen-bond donors (Lipinski definition) is 0. The molecule has 128 valence electrons. The molecule has 0 saturated heterocycles. The molecule has 1 aromatic heterocycles. The van der Waals surface area contributed by atoms with Crippen molar-refractivity contribution in [2.24, 2.45) is 0 Å². The number of nitrogens with zero attached hydrogens (tertiary/aromatic N) is 2. The van der Waals surface area contributed by atoms with Crippen LogP contribution in [0.25, 0.3) is 10.9 Å². The van der Waals surface area contributed by atoms with Crippen molar-refractivity contribution in [3.63, 3.8) is 0 Å². The molecular formula is C19H18N2O4. The first-order chi connectivity index (χ1) is 12.0. The molecule has 0 bridgehead atoms. The average Bonchev–Trinajstić information content (AvgIpc) is 2.58. The number of pyridine rings is 1. The van der Waals surface area contributed by atoms with Crippen LogP contribution < -0.4 is 9.47 Å². The largest absolute Gasteiger partial charge is 0.490 e. The Morgan fingerprint density at radius 1 is 1.04 bits per heavy atom. The van der Waals surface area contributed by atoms with Crippen LogP contribution in [0.5, 0.6) is 11.5 Å². The van der Waals surface area contributed by atoms with Crippen molar-refractivity contribution in [3.05, 3.63) is 69.9 Å². The highest BCUT2D eigenvalue weighted by atomic mass is 16.6. The van der Waals surface area contributed by atoms with E-state index in [2.05, 4.69) is 4.98 Å². The van der Waals surface area contributed by atoms with Crippen LogP contribution in [0, 0.1) is 24.0 Å². The van der Waals surface area contributed by atoms with E-state index in [1.807, 2.05) is 37.3 Å². The van der Waals surface area contributed by atoms with Gasteiger partial charge >= 0.3 is 0 Å². The Balaban J connectivity index is 1.61. The van der Waals surface area contributed by atoms with Gasteiger partial charge in [-0.2, -0.15) is 0 Å². The van der Waals surface area contributed by atoms with Crippen LogP contribution in [0.15, 0.2) is 48.5 Å². The SMILES string of the molecule is Cc1ccc2cccc(OCCOc3ccc([N+](=O)[O-])c(C)c3)c2n1. The highest BCUT2D eigenvalue weighted by Gasteiger charge is 2.10. The van der Waals surface area contributed by atoms with E-state index in [-0.39, 0.29) is 5.69 Å². The van der Waals surface area contributed by atoms with Crippen molar-refractivity contribution >= 4 is 16.6 Å². The Hall–Kier alpha value is -3.15. The van der Waals surface area contributed by atoms with Gasteiger partial charge in [0.05, 0.1) is 4.92 Å². The number of hydrogen-bond acceptors (Lipinski definition) is 5. The number of fused-ring (bicyclic) bond motifs is 1. The summed E-state index contributed by atoms with van der Waals surface area (Å²) >= 11 is 0. The third-order valence-electron chi connectivity index (χ3n) is 3.80. The molecule has 0 aliphatic heterocycles. The van der Waals surface area contributed by atoms with Gasteiger partial charge in [-0.05, 0) is 38.1 Å². The number of aryl methyl sites for hydroxylation is 2. The van der Waals surface area contributed by atoms with Crippen molar-refractivity contribution in [1.82, 2.24) is 4.98 Å². The van der Waals surface area contributed by atoms with E-state index in [4.69, 9.17) is 9.47 Å². The van der Waals surface area contributed by atoms with Crippen molar-refractivity contribution in [2.45, 2.75) is 13.8 Å². The highest BCUT2D eigenvalue weighted by molar-refractivity contribution is 5.84. The summed E-state index contributed by atoms with van der Waals surface area (Å²) in [5.74, 6) is 1.29. The molecule has 6 nitrogen and oxygen atoms in total. The van der Waals surface area contributed by atoms with E-state index in [0.29, 0.717) is 30.3 Å². The predicted octanol–water partition coefficient (Wildman–Crippen LogP) is 4.22. The first-order valence-electron chi connectivity index (χ1n) is 7.91. The summed E-state index contributed by atoms with van der Waals surface area (Å²) in [6.45, 7) is 4.31. The van der Waals surface area contributed by atoms with Gasteiger partial charge in [0.2, 0.25) is 0 Å². The van der Waals surface area contributed by atoms with Crippen molar-refractivity contribution in [3.8, 4) is 11.5 Å². The maximum atomic E-state index is 10.8.